The van der Waals surface area contributed by atoms with E-state index in [4.69, 9.17) is 0 Å². The van der Waals surface area contributed by atoms with Gasteiger partial charge in [0.2, 0.25) is 0 Å². The maximum absolute atomic E-state index is 2.40. The Balaban J connectivity index is 1.30. The van der Waals surface area contributed by atoms with Gasteiger partial charge in [0.25, 0.3) is 0 Å². The first-order chi connectivity index (χ1) is 19.3. The lowest BCUT2D eigenvalue weighted by molar-refractivity contribution is 1.19. The largest absolute Gasteiger partial charge is 0.310 e. The Morgan fingerprint density at radius 2 is 0.923 bits per heavy atom. The summed E-state index contributed by atoms with van der Waals surface area (Å²) in [6.07, 6.45) is 0. The minimum Gasteiger partial charge on any atom is -0.310 e. The second kappa shape index (κ2) is 8.87. The summed E-state index contributed by atoms with van der Waals surface area (Å²) < 4.78 is 4.98. The summed E-state index contributed by atoms with van der Waals surface area (Å²) in [5, 5.41) is 5.18. The monoisotopic (exact) mass is 516 g/mol. The molecule has 0 aliphatic heterocycles. The summed E-state index contributed by atoms with van der Waals surface area (Å²) in [4.78, 5) is 2.33. The number of anilines is 3. The molecule has 2 nitrogen and oxygen atoms in total. The van der Waals surface area contributed by atoms with Gasteiger partial charge in [0.1, 0.15) is 0 Å². The van der Waals surface area contributed by atoms with Crippen LogP contribution in [-0.2, 0) is 0 Å². The van der Waals surface area contributed by atoms with E-state index in [1.807, 2.05) is 11.3 Å². The predicted octanol–water partition coefficient (Wildman–Crippen LogP) is 10.6. The number of rotatable bonds is 4. The Hall–Kier alpha value is -4.86. The van der Waals surface area contributed by atoms with Crippen molar-refractivity contribution in [2.75, 3.05) is 4.90 Å². The third-order valence-electron chi connectivity index (χ3n) is 7.57. The molecule has 0 spiro atoms. The summed E-state index contributed by atoms with van der Waals surface area (Å²) in [5.41, 5.74) is 7.14. The van der Waals surface area contributed by atoms with Gasteiger partial charge < -0.3 is 9.47 Å². The van der Waals surface area contributed by atoms with Gasteiger partial charge >= 0.3 is 0 Å². The van der Waals surface area contributed by atoms with Crippen molar-refractivity contribution in [2.45, 2.75) is 0 Å². The van der Waals surface area contributed by atoms with Gasteiger partial charge in [-0.25, -0.2) is 0 Å². The molecule has 0 fully saturated rings. The normalized spacial score (nSPS) is 11.6. The number of aromatic nitrogens is 1. The van der Waals surface area contributed by atoms with Crippen molar-refractivity contribution in [3.63, 3.8) is 0 Å². The Labute approximate surface area is 230 Å². The molecule has 8 rings (SSSR count). The van der Waals surface area contributed by atoms with Gasteiger partial charge in [0, 0.05) is 53.7 Å². The molecule has 6 aromatic carbocycles. The standard InChI is InChI=1S/C36H24N2S/c1-3-11-25(12-4-1)37(26-13-5-2-6-14-26)27-19-21-31-32-22-20-28(24-36(32)39-35(31)23-27)38-33-17-9-7-15-29(33)30-16-8-10-18-34(30)38/h1-24H. The van der Waals surface area contributed by atoms with Crippen LogP contribution in [0.1, 0.15) is 0 Å². The highest BCUT2D eigenvalue weighted by Crippen LogP contribution is 2.41. The van der Waals surface area contributed by atoms with Crippen LogP contribution in [-0.4, -0.2) is 4.57 Å². The Bertz CT molecular complexity index is 2030. The second-order valence-electron chi connectivity index (χ2n) is 9.84. The van der Waals surface area contributed by atoms with Gasteiger partial charge in [-0.1, -0.05) is 84.9 Å². The fraction of sp³-hybridized carbons (Fsp3) is 0. The van der Waals surface area contributed by atoms with Crippen molar-refractivity contribution in [3.8, 4) is 5.69 Å². The molecule has 0 unspecified atom stereocenters. The van der Waals surface area contributed by atoms with Gasteiger partial charge in [0.05, 0.1) is 11.0 Å². The molecule has 0 saturated heterocycles. The average molecular weight is 517 g/mol. The summed E-state index contributed by atoms with van der Waals surface area (Å²) >= 11 is 1.87. The van der Waals surface area contributed by atoms with Crippen molar-refractivity contribution >= 4 is 70.4 Å². The van der Waals surface area contributed by atoms with E-state index in [-0.39, 0.29) is 0 Å². The molecule has 0 atom stereocenters. The zero-order valence-corrected chi connectivity index (χ0v) is 22.0. The lowest BCUT2D eigenvalue weighted by Gasteiger charge is -2.25. The zero-order valence-electron chi connectivity index (χ0n) is 21.2. The number of fused-ring (bicyclic) bond motifs is 6. The molecule has 0 radical (unpaired) electrons. The molecule has 2 heterocycles. The van der Waals surface area contributed by atoms with Gasteiger partial charge in [0.15, 0.2) is 0 Å². The highest BCUT2D eigenvalue weighted by Gasteiger charge is 2.16. The first-order valence-corrected chi connectivity index (χ1v) is 14.0. The molecule has 0 amide bonds. The number of benzene rings is 6. The van der Waals surface area contributed by atoms with Crippen LogP contribution >= 0.6 is 11.3 Å². The van der Waals surface area contributed by atoms with Crippen LogP contribution < -0.4 is 4.90 Å². The molecule has 3 heteroatoms. The Kier molecular flexibility index (Phi) is 5.04. The Morgan fingerprint density at radius 3 is 1.54 bits per heavy atom. The molecular formula is C36H24N2S. The minimum atomic E-state index is 1.15. The number of hydrogen-bond donors (Lipinski definition) is 0. The molecule has 39 heavy (non-hydrogen) atoms. The molecule has 0 saturated carbocycles. The summed E-state index contributed by atoms with van der Waals surface area (Å²) in [7, 11) is 0. The highest BCUT2D eigenvalue weighted by molar-refractivity contribution is 7.25. The molecule has 0 aliphatic rings. The molecule has 184 valence electrons. The molecule has 2 aromatic heterocycles. The maximum Gasteiger partial charge on any atom is 0.0541 e. The third-order valence-corrected chi connectivity index (χ3v) is 8.68. The minimum absolute atomic E-state index is 1.15. The SMILES string of the molecule is c1ccc(N(c2ccccc2)c2ccc3c(c2)sc2cc(-n4c5ccccc5c5ccccc54)ccc23)cc1. The fourth-order valence-electron chi connectivity index (χ4n) is 5.83. The van der Waals surface area contributed by atoms with E-state index < -0.39 is 0 Å². The van der Waals surface area contributed by atoms with Crippen molar-refractivity contribution in [2.24, 2.45) is 0 Å². The molecule has 0 aliphatic carbocycles. The van der Waals surface area contributed by atoms with Gasteiger partial charge in [-0.05, 0) is 60.7 Å². The fourth-order valence-corrected chi connectivity index (χ4v) is 7.01. The lowest BCUT2D eigenvalue weighted by Crippen LogP contribution is -2.09. The van der Waals surface area contributed by atoms with Crippen LogP contribution in [0.15, 0.2) is 146 Å². The van der Waals surface area contributed by atoms with Gasteiger partial charge in [-0.3, -0.25) is 0 Å². The van der Waals surface area contributed by atoms with Crippen molar-refractivity contribution < 1.29 is 0 Å². The van der Waals surface area contributed by atoms with Crippen LogP contribution in [0.25, 0.3) is 47.7 Å². The molecular weight excluding hydrogens is 492 g/mol. The highest BCUT2D eigenvalue weighted by atomic mass is 32.1. The van der Waals surface area contributed by atoms with E-state index in [1.165, 1.54) is 47.7 Å². The quantitative estimate of drug-likeness (QED) is 0.226. The second-order valence-corrected chi connectivity index (χ2v) is 10.9. The average Bonchev–Trinajstić information content (AvgIpc) is 3.53. The van der Waals surface area contributed by atoms with E-state index in [0.29, 0.717) is 0 Å². The summed E-state index contributed by atoms with van der Waals surface area (Å²) in [5.74, 6) is 0. The third kappa shape index (κ3) is 3.55. The smallest absolute Gasteiger partial charge is 0.0541 e. The maximum atomic E-state index is 2.40. The zero-order chi connectivity index (χ0) is 25.8. The van der Waals surface area contributed by atoms with Gasteiger partial charge in [-0.2, -0.15) is 0 Å². The first kappa shape index (κ1) is 22.2. The van der Waals surface area contributed by atoms with E-state index in [1.54, 1.807) is 0 Å². The van der Waals surface area contributed by atoms with E-state index in [9.17, 15) is 0 Å². The van der Waals surface area contributed by atoms with E-state index in [2.05, 4.69) is 155 Å². The number of para-hydroxylation sites is 4. The van der Waals surface area contributed by atoms with E-state index in [0.717, 1.165) is 17.1 Å². The summed E-state index contributed by atoms with van der Waals surface area (Å²) in [6, 6.07) is 52.3. The van der Waals surface area contributed by atoms with Gasteiger partial charge in [-0.15, -0.1) is 11.3 Å². The van der Waals surface area contributed by atoms with Crippen molar-refractivity contribution in [1.82, 2.24) is 4.57 Å². The summed E-state index contributed by atoms with van der Waals surface area (Å²) in [6.45, 7) is 0. The number of nitrogens with zero attached hydrogens (tertiary/aromatic N) is 2. The van der Waals surface area contributed by atoms with E-state index >= 15 is 0 Å². The van der Waals surface area contributed by atoms with Crippen LogP contribution in [0.4, 0.5) is 17.1 Å². The van der Waals surface area contributed by atoms with Crippen LogP contribution in [0.5, 0.6) is 0 Å². The number of hydrogen-bond acceptors (Lipinski definition) is 2. The predicted molar refractivity (Wildman–Crippen MR) is 168 cm³/mol. The number of thiophene rings is 1. The Morgan fingerprint density at radius 1 is 0.410 bits per heavy atom. The molecule has 0 N–H and O–H groups in total. The molecule has 8 aromatic rings. The van der Waals surface area contributed by atoms with Crippen LogP contribution in [0, 0.1) is 0 Å². The first-order valence-electron chi connectivity index (χ1n) is 13.2. The lowest BCUT2D eigenvalue weighted by atomic mass is 10.1. The van der Waals surface area contributed by atoms with Crippen molar-refractivity contribution in [1.29, 1.82) is 0 Å². The van der Waals surface area contributed by atoms with Crippen LogP contribution in [0.3, 0.4) is 0 Å². The van der Waals surface area contributed by atoms with Crippen LogP contribution in [0.2, 0.25) is 0 Å². The topological polar surface area (TPSA) is 8.17 Å². The van der Waals surface area contributed by atoms with Crippen molar-refractivity contribution in [3.05, 3.63) is 146 Å². The molecule has 0 bridgehead atoms.